The van der Waals surface area contributed by atoms with Gasteiger partial charge >= 0.3 is 0 Å². The first-order valence-corrected chi connectivity index (χ1v) is 10.1. The third-order valence-corrected chi connectivity index (χ3v) is 4.74. The number of furan rings is 1. The first-order chi connectivity index (χ1) is 12.3. The Kier molecular flexibility index (Phi) is 6.82. The number of benzene rings is 1. The molecule has 0 unspecified atom stereocenters. The summed E-state index contributed by atoms with van der Waals surface area (Å²) >= 11 is 0. The van der Waals surface area contributed by atoms with E-state index >= 15 is 0 Å². The highest BCUT2D eigenvalue weighted by Gasteiger charge is 2.20. The monoisotopic (exact) mass is 380 g/mol. The zero-order valence-corrected chi connectivity index (χ0v) is 16.0. The Morgan fingerprint density at radius 2 is 1.96 bits per heavy atom. The number of ether oxygens (including phenoxy) is 1. The number of hydrogen-bond acceptors (Lipinski definition) is 5. The number of para-hydroxylation sites is 2. The molecule has 1 aromatic heterocycles. The normalized spacial score (nSPS) is 11.7. The van der Waals surface area contributed by atoms with E-state index in [-0.39, 0.29) is 31.5 Å². The molecule has 7 nitrogen and oxygen atoms in total. The van der Waals surface area contributed by atoms with Crippen LogP contribution in [0.1, 0.15) is 26.0 Å². The Bertz CT molecular complexity index is 816. The number of carbonyl (C=O) groups is 1. The second-order valence-corrected chi connectivity index (χ2v) is 8.12. The Morgan fingerprint density at radius 3 is 2.58 bits per heavy atom. The lowest BCUT2D eigenvalue weighted by molar-refractivity contribution is -0.116. The van der Waals surface area contributed by atoms with Gasteiger partial charge in [-0.2, -0.15) is 4.31 Å². The van der Waals surface area contributed by atoms with Crippen molar-refractivity contribution in [2.24, 2.45) is 0 Å². The van der Waals surface area contributed by atoms with E-state index in [0.717, 1.165) is 6.26 Å². The van der Waals surface area contributed by atoms with E-state index in [1.54, 1.807) is 30.3 Å². The summed E-state index contributed by atoms with van der Waals surface area (Å²) in [5, 5.41) is 2.77. The van der Waals surface area contributed by atoms with Gasteiger partial charge in [-0.25, -0.2) is 8.42 Å². The molecule has 142 valence electrons. The molecule has 2 aromatic rings. The topological polar surface area (TPSA) is 88.8 Å². The second-order valence-electron chi connectivity index (χ2n) is 6.14. The number of amides is 1. The van der Waals surface area contributed by atoms with Crippen LogP contribution in [0.2, 0.25) is 0 Å². The molecule has 0 bridgehead atoms. The molecule has 2 rings (SSSR count). The van der Waals surface area contributed by atoms with Gasteiger partial charge in [-0.1, -0.05) is 12.1 Å². The molecule has 0 saturated heterocycles. The zero-order chi connectivity index (χ0) is 19.2. The minimum absolute atomic E-state index is 0.0177. The summed E-state index contributed by atoms with van der Waals surface area (Å²) in [4.78, 5) is 12.3. The molecule has 0 atom stereocenters. The van der Waals surface area contributed by atoms with Crippen LogP contribution in [0.25, 0.3) is 0 Å². The number of rotatable bonds is 9. The maximum absolute atomic E-state index is 12.3. The van der Waals surface area contributed by atoms with Gasteiger partial charge in [0.15, 0.2) is 0 Å². The largest absolute Gasteiger partial charge is 0.489 e. The number of nitrogens with zero attached hydrogens (tertiary/aromatic N) is 1. The minimum atomic E-state index is -3.46. The van der Waals surface area contributed by atoms with E-state index in [1.165, 1.54) is 10.6 Å². The first-order valence-electron chi connectivity index (χ1n) is 8.28. The van der Waals surface area contributed by atoms with Crippen LogP contribution in [0, 0.1) is 0 Å². The summed E-state index contributed by atoms with van der Waals surface area (Å²) in [6.07, 6.45) is 2.58. The smallest absolute Gasteiger partial charge is 0.225 e. The Morgan fingerprint density at radius 1 is 1.23 bits per heavy atom. The van der Waals surface area contributed by atoms with Crippen molar-refractivity contribution in [2.45, 2.75) is 32.9 Å². The summed E-state index contributed by atoms with van der Waals surface area (Å²) in [6, 6.07) is 10.5. The van der Waals surface area contributed by atoms with Crippen molar-refractivity contribution in [1.29, 1.82) is 0 Å². The second kappa shape index (κ2) is 8.86. The molecule has 0 saturated carbocycles. The fourth-order valence-electron chi connectivity index (χ4n) is 2.30. The van der Waals surface area contributed by atoms with Crippen molar-refractivity contribution < 1.29 is 22.4 Å². The zero-order valence-electron chi connectivity index (χ0n) is 15.1. The SMILES string of the molecule is CC(C)Oc1ccccc1NC(=O)CCN(Cc1ccco1)S(C)(=O)=O. The van der Waals surface area contributed by atoms with Gasteiger partial charge < -0.3 is 14.5 Å². The highest BCUT2D eigenvalue weighted by molar-refractivity contribution is 7.88. The summed E-state index contributed by atoms with van der Waals surface area (Å²) in [5.74, 6) is 0.802. The first kappa shape index (κ1) is 20.0. The van der Waals surface area contributed by atoms with E-state index < -0.39 is 10.0 Å². The van der Waals surface area contributed by atoms with Crippen molar-refractivity contribution in [1.82, 2.24) is 4.31 Å². The van der Waals surface area contributed by atoms with Gasteiger partial charge in [0.25, 0.3) is 0 Å². The molecule has 0 aliphatic carbocycles. The highest BCUT2D eigenvalue weighted by Crippen LogP contribution is 2.25. The van der Waals surface area contributed by atoms with Crippen LogP contribution >= 0.6 is 0 Å². The number of nitrogens with one attached hydrogen (secondary N) is 1. The maximum Gasteiger partial charge on any atom is 0.225 e. The molecular formula is C18H24N2O5S. The maximum atomic E-state index is 12.3. The summed E-state index contributed by atoms with van der Waals surface area (Å²) in [7, 11) is -3.46. The Hall–Kier alpha value is -2.32. The van der Waals surface area contributed by atoms with Crippen molar-refractivity contribution >= 4 is 21.6 Å². The third-order valence-electron chi connectivity index (χ3n) is 3.49. The van der Waals surface area contributed by atoms with Crippen LogP contribution < -0.4 is 10.1 Å². The molecule has 1 aromatic carbocycles. The van der Waals surface area contributed by atoms with Crippen molar-refractivity contribution in [3.8, 4) is 5.75 Å². The van der Waals surface area contributed by atoms with Crippen molar-refractivity contribution in [3.05, 3.63) is 48.4 Å². The number of sulfonamides is 1. The van der Waals surface area contributed by atoms with Crippen LogP contribution in [0.15, 0.2) is 47.1 Å². The Labute approximate surface area is 154 Å². The lowest BCUT2D eigenvalue weighted by Crippen LogP contribution is -2.32. The molecule has 1 heterocycles. The molecule has 26 heavy (non-hydrogen) atoms. The fourth-order valence-corrected chi connectivity index (χ4v) is 3.09. The quantitative estimate of drug-likeness (QED) is 0.723. The molecule has 0 spiro atoms. The predicted molar refractivity (Wildman–Crippen MR) is 99.4 cm³/mol. The van der Waals surface area contributed by atoms with Crippen LogP contribution in [-0.4, -0.2) is 37.5 Å². The molecule has 8 heteroatoms. The predicted octanol–water partition coefficient (Wildman–Crippen LogP) is 2.86. The molecule has 1 N–H and O–H groups in total. The summed E-state index contributed by atoms with van der Waals surface area (Å²) in [5.41, 5.74) is 0.558. The van der Waals surface area contributed by atoms with Gasteiger partial charge in [-0.3, -0.25) is 4.79 Å². The van der Waals surface area contributed by atoms with Gasteiger partial charge in [0.1, 0.15) is 11.5 Å². The average molecular weight is 380 g/mol. The minimum Gasteiger partial charge on any atom is -0.489 e. The lowest BCUT2D eigenvalue weighted by Gasteiger charge is -2.19. The number of carbonyl (C=O) groups excluding carboxylic acids is 1. The summed E-state index contributed by atoms with van der Waals surface area (Å²) in [6.45, 7) is 3.94. The molecule has 0 aliphatic rings. The number of anilines is 1. The van der Waals surface area contributed by atoms with Gasteiger partial charge in [0.05, 0.1) is 30.9 Å². The summed E-state index contributed by atoms with van der Waals surface area (Å²) < 4.78 is 35.9. The van der Waals surface area contributed by atoms with Crippen molar-refractivity contribution in [2.75, 3.05) is 18.1 Å². The van der Waals surface area contributed by atoms with E-state index in [9.17, 15) is 13.2 Å². The van der Waals surface area contributed by atoms with Gasteiger partial charge in [-0.05, 0) is 38.1 Å². The van der Waals surface area contributed by atoms with Crippen molar-refractivity contribution in [3.63, 3.8) is 0 Å². The van der Waals surface area contributed by atoms with Gasteiger partial charge in [0.2, 0.25) is 15.9 Å². The van der Waals surface area contributed by atoms with E-state index in [1.807, 2.05) is 19.9 Å². The lowest BCUT2D eigenvalue weighted by atomic mass is 10.2. The van der Waals surface area contributed by atoms with Gasteiger partial charge in [-0.15, -0.1) is 0 Å². The van der Waals surface area contributed by atoms with Gasteiger partial charge in [0, 0.05) is 13.0 Å². The third kappa shape index (κ3) is 6.20. The average Bonchev–Trinajstić information content (AvgIpc) is 3.05. The van der Waals surface area contributed by atoms with Crippen LogP contribution in [-0.2, 0) is 21.4 Å². The molecule has 0 fully saturated rings. The van der Waals surface area contributed by atoms with Crippen LogP contribution in [0.5, 0.6) is 5.75 Å². The molecular weight excluding hydrogens is 356 g/mol. The van der Waals surface area contributed by atoms with E-state index in [4.69, 9.17) is 9.15 Å². The molecule has 0 radical (unpaired) electrons. The van der Waals surface area contributed by atoms with E-state index in [0.29, 0.717) is 17.2 Å². The Balaban J connectivity index is 1.98. The highest BCUT2D eigenvalue weighted by atomic mass is 32.2. The molecule has 0 aliphatic heterocycles. The fraction of sp³-hybridized carbons (Fsp3) is 0.389. The molecule has 1 amide bonds. The standard InChI is InChI=1S/C18H24N2O5S/c1-14(2)25-17-9-5-4-8-16(17)19-18(21)10-11-20(26(3,22)23)13-15-7-6-12-24-15/h4-9,12,14H,10-11,13H2,1-3H3,(H,19,21). The van der Waals surface area contributed by atoms with Crippen LogP contribution in [0.3, 0.4) is 0 Å². The van der Waals surface area contributed by atoms with Crippen LogP contribution in [0.4, 0.5) is 5.69 Å². The van der Waals surface area contributed by atoms with E-state index in [2.05, 4.69) is 5.32 Å². The number of hydrogen-bond donors (Lipinski definition) is 1.